The summed E-state index contributed by atoms with van der Waals surface area (Å²) in [5, 5.41) is 0. The quantitative estimate of drug-likeness (QED) is 0.879. The molecule has 0 radical (unpaired) electrons. The lowest BCUT2D eigenvalue weighted by atomic mass is 10.1. The van der Waals surface area contributed by atoms with E-state index in [1.54, 1.807) is 30.3 Å². The van der Waals surface area contributed by atoms with Crippen LogP contribution in [0.2, 0.25) is 0 Å². The molecule has 2 rings (SSSR count). The first-order valence-electron chi connectivity index (χ1n) is 5.32. The minimum Gasteiger partial charge on any atom is -0.326 e. The summed E-state index contributed by atoms with van der Waals surface area (Å²) in [7, 11) is -3.35. The van der Waals surface area contributed by atoms with Gasteiger partial charge in [0.2, 0.25) is 10.0 Å². The molecule has 2 N–H and O–H groups in total. The van der Waals surface area contributed by atoms with Gasteiger partial charge in [0.25, 0.3) is 0 Å². The van der Waals surface area contributed by atoms with Crippen LogP contribution in [0.1, 0.15) is 6.92 Å². The van der Waals surface area contributed by atoms with Gasteiger partial charge in [-0.25, -0.2) is 8.42 Å². The highest BCUT2D eigenvalue weighted by molar-refractivity contribution is 7.89. The molecule has 0 aliphatic carbocycles. The van der Waals surface area contributed by atoms with E-state index in [1.165, 1.54) is 4.31 Å². The molecule has 0 amide bonds. The number of nitrogens with two attached hydrogens (primary N) is 1. The smallest absolute Gasteiger partial charge is 0.243 e. The highest BCUT2D eigenvalue weighted by Crippen LogP contribution is 2.23. The van der Waals surface area contributed by atoms with Crippen LogP contribution in [-0.4, -0.2) is 31.9 Å². The summed E-state index contributed by atoms with van der Waals surface area (Å²) in [4.78, 5) is 0.344. The molecule has 0 saturated carbocycles. The Balaban J connectivity index is 0.00000144. The van der Waals surface area contributed by atoms with Crippen molar-refractivity contribution < 1.29 is 8.42 Å². The van der Waals surface area contributed by atoms with Crippen LogP contribution >= 0.6 is 12.4 Å². The molecule has 1 fully saturated rings. The minimum absolute atomic E-state index is 0. The molecule has 6 heteroatoms. The maximum absolute atomic E-state index is 12.2. The molecule has 2 unspecified atom stereocenters. The van der Waals surface area contributed by atoms with Crippen molar-refractivity contribution in [3.63, 3.8) is 0 Å². The van der Waals surface area contributed by atoms with Crippen LogP contribution < -0.4 is 5.73 Å². The summed E-state index contributed by atoms with van der Waals surface area (Å²) in [6.07, 6.45) is 0. The van der Waals surface area contributed by atoms with Crippen molar-refractivity contribution in [3.05, 3.63) is 30.3 Å². The van der Waals surface area contributed by atoms with Crippen molar-refractivity contribution in [2.75, 3.05) is 13.1 Å². The molecule has 1 saturated heterocycles. The van der Waals surface area contributed by atoms with Gasteiger partial charge in [-0.05, 0) is 18.1 Å². The number of sulfonamides is 1. The third-order valence-electron chi connectivity index (χ3n) is 3.02. The number of hydrogen-bond acceptors (Lipinski definition) is 3. The number of nitrogens with zero attached hydrogens (tertiary/aromatic N) is 1. The van der Waals surface area contributed by atoms with Gasteiger partial charge >= 0.3 is 0 Å². The molecule has 2 atom stereocenters. The van der Waals surface area contributed by atoms with E-state index in [0.29, 0.717) is 18.0 Å². The van der Waals surface area contributed by atoms with E-state index in [0.717, 1.165) is 0 Å². The van der Waals surface area contributed by atoms with Crippen molar-refractivity contribution in [2.45, 2.75) is 17.9 Å². The fourth-order valence-electron chi connectivity index (χ4n) is 1.88. The monoisotopic (exact) mass is 276 g/mol. The number of halogens is 1. The molecule has 96 valence electrons. The van der Waals surface area contributed by atoms with Crippen molar-refractivity contribution >= 4 is 22.4 Å². The molecule has 1 aliphatic heterocycles. The Kier molecular flexibility index (Phi) is 4.55. The SMILES string of the molecule is CC1CN(S(=O)(=O)c2ccccc2)CC1N.Cl. The molecule has 0 bridgehead atoms. The first-order valence-corrected chi connectivity index (χ1v) is 6.76. The van der Waals surface area contributed by atoms with Gasteiger partial charge in [-0.2, -0.15) is 4.31 Å². The molecule has 0 spiro atoms. The van der Waals surface area contributed by atoms with Crippen LogP contribution in [0.15, 0.2) is 35.2 Å². The molecular formula is C11H17ClN2O2S. The molecule has 1 aromatic rings. The van der Waals surface area contributed by atoms with Gasteiger partial charge in [0.15, 0.2) is 0 Å². The Labute approximate surface area is 108 Å². The van der Waals surface area contributed by atoms with Crippen molar-refractivity contribution in [3.8, 4) is 0 Å². The Bertz CT molecular complexity index is 454. The van der Waals surface area contributed by atoms with E-state index >= 15 is 0 Å². The first kappa shape index (κ1) is 14.4. The highest BCUT2D eigenvalue weighted by Gasteiger charge is 2.35. The zero-order chi connectivity index (χ0) is 11.8. The van der Waals surface area contributed by atoms with E-state index in [1.807, 2.05) is 6.92 Å². The predicted octanol–water partition coefficient (Wildman–Crippen LogP) is 1.08. The van der Waals surface area contributed by atoms with Crippen LogP contribution in [-0.2, 0) is 10.0 Å². The van der Waals surface area contributed by atoms with Gasteiger partial charge in [-0.15, -0.1) is 12.4 Å². The lowest BCUT2D eigenvalue weighted by molar-refractivity contribution is 0.464. The average Bonchev–Trinajstić information content (AvgIpc) is 2.61. The van der Waals surface area contributed by atoms with E-state index in [4.69, 9.17) is 5.73 Å². The molecule has 1 aliphatic rings. The van der Waals surface area contributed by atoms with E-state index in [2.05, 4.69) is 0 Å². The fraction of sp³-hybridized carbons (Fsp3) is 0.455. The zero-order valence-corrected chi connectivity index (χ0v) is 11.2. The average molecular weight is 277 g/mol. The third kappa shape index (κ3) is 2.80. The summed E-state index contributed by atoms with van der Waals surface area (Å²) < 4.78 is 25.9. The van der Waals surface area contributed by atoms with Crippen LogP contribution in [0.25, 0.3) is 0 Å². The lowest BCUT2D eigenvalue weighted by Crippen LogP contribution is -2.32. The lowest BCUT2D eigenvalue weighted by Gasteiger charge is -2.15. The maximum Gasteiger partial charge on any atom is 0.243 e. The van der Waals surface area contributed by atoms with Gasteiger partial charge < -0.3 is 5.73 Å². The fourth-order valence-corrected chi connectivity index (χ4v) is 3.48. The number of rotatable bonds is 2. The van der Waals surface area contributed by atoms with Gasteiger partial charge in [0.05, 0.1) is 4.90 Å². The summed E-state index contributed by atoms with van der Waals surface area (Å²) in [5.41, 5.74) is 5.84. The predicted molar refractivity (Wildman–Crippen MR) is 69.6 cm³/mol. The van der Waals surface area contributed by atoms with Gasteiger partial charge in [-0.3, -0.25) is 0 Å². The second-order valence-electron chi connectivity index (χ2n) is 4.28. The van der Waals surface area contributed by atoms with E-state index < -0.39 is 10.0 Å². The van der Waals surface area contributed by atoms with Crippen molar-refractivity contribution in [1.82, 2.24) is 4.31 Å². The Morgan fingerprint density at radius 1 is 1.24 bits per heavy atom. The molecule has 1 aromatic carbocycles. The summed E-state index contributed by atoms with van der Waals surface area (Å²) in [6, 6.07) is 8.43. The van der Waals surface area contributed by atoms with Crippen molar-refractivity contribution in [2.24, 2.45) is 11.7 Å². The summed E-state index contributed by atoms with van der Waals surface area (Å²) in [6.45, 7) is 2.90. The maximum atomic E-state index is 12.2. The van der Waals surface area contributed by atoms with Crippen molar-refractivity contribution in [1.29, 1.82) is 0 Å². The molecule has 0 aromatic heterocycles. The Morgan fingerprint density at radius 3 is 2.29 bits per heavy atom. The third-order valence-corrected chi connectivity index (χ3v) is 4.86. The largest absolute Gasteiger partial charge is 0.326 e. The van der Waals surface area contributed by atoms with Gasteiger partial charge in [0, 0.05) is 19.1 Å². The number of benzene rings is 1. The molecule has 17 heavy (non-hydrogen) atoms. The minimum atomic E-state index is -3.35. The Morgan fingerprint density at radius 2 is 1.82 bits per heavy atom. The van der Waals surface area contributed by atoms with E-state index in [-0.39, 0.29) is 24.4 Å². The molecule has 1 heterocycles. The summed E-state index contributed by atoms with van der Waals surface area (Å²) in [5.74, 6) is 0.221. The van der Waals surface area contributed by atoms with Gasteiger partial charge in [0.1, 0.15) is 0 Å². The highest BCUT2D eigenvalue weighted by atomic mass is 35.5. The first-order chi connectivity index (χ1) is 7.51. The summed E-state index contributed by atoms with van der Waals surface area (Å²) >= 11 is 0. The van der Waals surface area contributed by atoms with Gasteiger partial charge in [-0.1, -0.05) is 25.1 Å². The normalized spacial score (nSPS) is 25.5. The van der Waals surface area contributed by atoms with Crippen LogP contribution in [0.4, 0.5) is 0 Å². The number of hydrogen-bond donors (Lipinski definition) is 1. The standard InChI is InChI=1S/C11H16N2O2S.ClH/c1-9-7-13(8-11(9)12)16(14,15)10-5-3-2-4-6-10;/h2-6,9,11H,7-8,12H2,1H3;1H. The zero-order valence-electron chi connectivity index (χ0n) is 9.61. The molecular weight excluding hydrogens is 260 g/mol. The van der Waals surface area contributed by atoms with Crippen LogP contribution in [0.5, 0.6) is 0 Å². The van der Waals surface area contributed by atoms with Crippen LogP contribution in [0, 0.1) is 5.92 Å². The topological polar surface area (TPSA) is 63.4 Å². The molecule has 4 nitrogen and oxygen atoms in total. The Hall–Kier alpha value is -0.620. The second-order valence-corrected chi connectivity index (χ2v) is 6.21. The second kappa shape index (κ2) is 5.35. The van der Waals surface area contributed by atoms with Crippen LogP contribution in [0.3, 0.4) is 0 Å². The van der Waals surface area contributed by atoms with E-state index in [9.17, 15) is 8.42 Å².